The molecule has 1 aliphatic heterocycles. The first-order chi connectivity index (χ1) is 11.0. The SMILES string of the molecule is CCC(C)C(N)C(=O)NCC(c1ccc(C)cc1)N1CCCC1. The van der Waals surface area contributed by atoms with Crippen molar-refractivity contribution in [1.29, 1.82) is 0 Å². The number of aryl methyl sites for hydroxylation is 1. The van der Waals surface area contributed by atoms with Crippen LogP contribution in [-0.4, -0.2) is 36.5 Å². The lowest BCUT2D eigenvalue weighted by atomic mass is 9.99. The smallest absolute Gasteiger partial charge is 0.237 e. The third kappa shape index (κ3) is 4.79. The van der Waals surface area contributed by atoms with Crippen LogP contribution in [0.3, 0.4) is 0 Å². The Balaban J connectivity index is 2.03. The fraction of sp³-hybridized carbons (Fsp3) is 0.632. The van der Waals surface area contributed by atoms with Gasteiger partial charge in [-0.2, -0.15) is 0 Å². The number of hydrogen-bond donors (Lipinski definition) is 2. The molecule has 0 saturated carbocycles. The van der Waals surface area contributed by atoms with Crippen molar-refractivity contribution in [3.8, 4) is 0 Å². The number of carbonyl (C=O) groups is 1. The van der Waals surface area contributed by atoms with Crippen LogP contribution in [0.5, 0.6) is 0 Å². The molecule has 0 bridgehead atoms. The summed E-state index contributed by atoms with van der Waals surface area (Å²) in [5.41, 5.74) is 8.58. The predicted molar refractivity (Wildman–Crippen MR) is 95.2 cm³/mol. The van der Waals surface area contributed by atoms with Crippen molar-refractivity contribution in [1.82, 2.24) is 10.2 Å². The largest absolute Gasteiger partial charge is 0.353 e. The van der Waals surface area contributed by atoms with E-state index in [-0.39, 0.29) is 17.9 Å². The molecule has 0 radical (unpaired) electrons. The van der Waals surface area contributed by atoms with Gasteiger partial charge in [0, 0.05) is 6.54 Å². The number of carbonyl (C=O) groups excluding carboxylic acids is 1. The summed E-state index contributed by atoms with van der Waals surface area (Å²) in [6.07, 6.45) is 3.40. The number of amides is 1. The Morgan fingerprint density at radius 2 is 1.87 bits per heavy atom. The summed E-state index contributed by atoms with van der Waals surface area (Å²) in [5, 5.41) is 3.08. The monoisotopic (exact) mass is 317 g/mol. The van der Waals surface area contributed by atoms with Crippen LogP contribution >= 0.6 is 0 Å². The average molecular weight is 317 g/mol. The highest BCUT2D eigenvalue weighted by Crippen LogP contribution is 2.25. The van der Waals surface area contributed by atoms with E-state index in [2.05, 4.69) is 48.3 Å². The first kappa shape index (κ1) is 18.0. The van der Waals surface area contributed by atoms with Crippen LogP contribution < -0.4 is 11.1 Å². The summed E-state index contributed by atoms with van der Waals surface area (Å²) in [6.45, 7) is 9.03. The Morgan fingerprint density at radius 3 is 2.43 bits per heavy atom. The molecular formula is C19H31N3O. The van der Waals surface area contributed by atoms with E-state index in [9.17, 15) is 4.79 Å². The molecule has 128 valence electrons. The maximum absolute atomic E-state index is 12.3. The number of nitrogens with two attached hydrogens (primary N) is 1. The zero-order valence-electron chi connectivity index (χ0n) is 14.7. The Bertz CT molecular complexity index is 494. The molecule has 0 aromatic heterocycles. The van der Waals surface area contributed by atoms with Gasteiger partial charge in [0.2, 0.25) is 5.91 Å². The highest BCUT2D eigenvalue weighted by Gasteiger charge is 2.25. The maximum Gasteiger partial charge on any atom is 0.237 e. The van der Waals surface area contributed by atoms with E-state index in [1.54, 1.807) is 0 Å². The molecule has 0 aliphatic carbocycles. The molecule has 1 aromatic rings. The third-order valence-electron chi connectivity index (χ3n) is 5.07. The van der Waals surface area contributed by atoms with Crippen LogP contribution in [0, 0.1) is 12.8 Å². The zero-order chi connectivity index (χ0) is 16.8. The van der Waals surface area contributed by atoms with Crippen molar-refractivity contribution in [2.75, 3.05) is 19.6 Å². The molecule has 1 amide bonds. The van der Waals surface area contributed by atoms with Gasteiger partial charge in [-0.05, 0) is 44.3 Å². The van der Waals surface area contributed by atoms with Gasteiger partial charge in [0.05, 0.1) is 12.1 Å². The molecule has 3 N–H and O–H groups in total. The molecule has 23 heavy (non-hydrogen) atoms. The molecule has 4 heteroatoms. The number of likely N-dealkylation sites (tertiary alicyclic amines) is 1. The van der Waals surface area contributed by atoms with E-state index < -0.39 is 6.04 Å². The molecule has 1 aromatic carbocycles. The second-order valence-electron chi connectivity index (χ2n) is 6.83. The molecule has 1 saturated heterocycles. The van der Waals surface area contributed by atoms with Crippen molar-refractivity contribution >= 4 is 5.91 Å². The van der Waals surface area contributed by atoms with Crippen molar-refractivity contribution < 1.29 is 4.79 Å². The van der Waals surface area contributed by atoms with Crippen molar-refractivity contribution in [2.45, 2.75) is 52.1 Å². The minimum Gasteiger partial charge on any atom is -0.353 e. The first-order valence-electron chi connectivity index (χ1n) is 8.86. The Kier molecular flexibility index (Phi) is 6.60. The summed E-state index contributed by atoms with van der Waals surface area (Å²) in [7, 11) is 0. The topological polar surface area (TPSA) is 58.4 Å². The highest BCUT2D eigenvalue weighted by atomic mass is 16.2. The van der Waals surface area contributed by atoms with Gasteiger partial charge in [-0.1, -0.05) is 50.1 Å². The van der Waals surface area contributed by atoms with E-state index >= 15 is 0 Å². The standard InChI is InChI=1S/C19H31N3O/c1-4-15(3)18(20)19(23)21-13-17(22-11-5-6-12-22)16-9-7-14(2)8-10-16/h7-10,15,17-18H,4-6,11-13,20H2,1-3H3,(H,21,23). The van der Waals surface area contributed by atoms with Crippen molar-refractivity contribution in [2.24, 2.45) is 11.7 Å². The summed E-state index contributed by atoms with van der Waals surface area (Å²) < 4.78 is 0. The van der Waals surface area contributed by atoms with Crippen LogP contribution in [0.2, 0.25) is 0 Å². The molecule has 1 heterocycles. The van der Waals surface area contributed by atoms with E-state index in [0.29, 0.717) is 6.54 Å². The summed E-state index contributed by atoms with van der Waals surface area (Å²) >= 11 is 0. The first-order valence-corrected chi connectivity index (χ1v) is 8.86. The molecule has 1 aliphatic rings. The van der Waals surface area contributed by atoms with E-state index in [1.165, 1.54) is 24.0 Å². The van der Waals surface area contributed by atoms with Gasteiger partial charge in [-0.25, -0.2) is 0 Å². The molecule has 0 spiro atoms. The molecule has 4 nitrogen and oxygen atoms in total. The average Bonchev–Trinajstić information content (AvgIpc) is 3.09. The van der Waals surface area contributed by atoms with E-state index in [1.807, 2.05) is 6.92 Å². The van der Waals surface area contributed by atoms with Gasteiger partial charge in [0.15, 0.2) is 0 Å². The van der Waals surface area contributed by atoms with Crippen LogP contribution in [0.4, 0.5) is 0 Å². The maximum atomic E-state index is 12.3. The van der Waals surface area contributed by atoms with Crippen LogP contribution in [0.25, 0.3) is 0 Å². The fourth-order valence-corrected chi connectivity index (χ4v) is 3.13. The summed E-state index contributed by atoms with van der Waals surface area (Å²) in [5.74, 6) is 0.176. The van der Waals surface area contributed by atoms with Gasteiger partial charge in [0.1, 0.15) is 0 Å². The highest BCUT2D eigenvalue weighted by molar-refractivity contribution is 5.81. The van der Waals surface area contributed by atoms with Crippen molar-refractivity contribution in [3.63, 3.8) is 0 Å². The summed E-state index contributed by atoms with van der Waals surface area (Å²) in [4.78, 5) is 14.8. The van der Waals surface area contributed by atoms with Gasteiger partial charge in [0.25, 0.3) is 0 Å². The number of nitrogens with one attached hydrogen (secondary N) is 1. The number of hydrogen-bond acceptors (Lipinski definition) is 3. The molecular weight excluding hydrogens is 286 g/mol. The van der Waals surface area contributed by atoms with Gasteiger partial charge in [-0.15, -0.1) is 0 Å². The fourth-order valence-electron chi connectivity index (χ4n) is 3.13. The lowest BCUT2D eigenvalue weighted by molar-refractivity contribution is -0.123. The molecule has 3 unspecified atom stereocenters. The summed E-state index contributed by atoms with van der Waals surface area (Å²) in [6, 6.07) is 8.47. The Labute approximate surface area is 140 Å². The minimum absolute atomic E-state index is 0.0318. The minimum atomic E-state index is -0.419. The van der Waals surface area contributed by atoms with Crippen LogP contribution in [-0.2, 0) is 4.79 Å². The lowest BCUT2D eigenvalue weighted by Gasteiger charge is -2.29. The normalized spacial score (nSPS) is 19.3. The Hall–Kier alpha value is -1.39. The second-order valence-corrected chi connectivity index (χ2v) is 6.83. The Morgan fingerprint density at radius 1 is 1.26 bits per heavy atom. The van der Waals surface area contributed by atoms with Crippen LogP contribution in [0.1, 0.15) is 50.3 Å². The van der Waals surface area contributed by atoms with E-state index in [4.69, 9.17) is 5.73 Å². The number of rotatable bonds is 7. The predicted octanol–water partition coefficient (Wildman–Crippen LogP) is 2.62. The number of benzene rings is 1. The van der Waals surface area contributed by atoms with Crippen LogP contribution in [0.15, 0.2) is 24.3 Å². The van der Waals surface area contributed by atoms with Crippen molar-refractivity contribution in [3.05, 3.63) is 35.4 Å². The van der Waals surface area contributed by atoms with E-state index in [0.717, 1.165) is 19.5 Å². The van der Waals surface area contributed by atoms with Gasteiger partial charge >= 0.3 is 0 Å². The van der Waals surface area contributed by atoms with Gasteiger partial charge < -0.3 is 11.1 Å². The van der Waals surface area contributed by atoms with Gasteiger partial charge in [-0.3, -0.25) is 9.69 Å². The zero-order valence-corrected chi connectivity index (χ0v) is 14.7. The molecule has 1 fully saturated rings. The molecule has 2 rings (SSSR count). The third-order valence-corrected chi connectivity index (χ3v) is 5.07. The molecule has 3 atom stereocenters. The quantitative estimate of drug-likeness (QED) is 0.813. The second kappa shape index (κ2) is 8.46. The number of nitrogens with zero attached hydrogens (tertiary/aromatic N) is 1. The lowest BCUT2D eigenvalue weighted by Crippen LogP contribution is -2.47.